The van der Waals surface area contributed by atoms with Gasteiger partial charge in [0.05, 0.1) is 11.4 Å². The quantitative estimate of drug-likeness (QED) is 0.762. The number of rotatable bonds is 5. The zero-order valence-corrected chi connectivity index (χ0v) is 10.7. The van der Waals surface area contributed by atoms with Gasteiger partial charge in [-0.05, 0) is 13.3 Å². The highest BCUT2D eigenvalue weighted by atomic mass is 16.2. The van der Waals surface area contributed by atoms with Crippen molar-refractivity contribution in [2.45, 2.75) is 26.7 Å². The van der Waals surface area contributed by atoms with E-state index in [9.17, 15) is 4.79 Å². The number of nitrogen functional groups attached to an aromatic ring is 1. The number of carbonyl (C=O) groups excluding carboxylic acids is 1. The van der Waals surface area contributed by atoms with Gasteiger partial charge in [0.2, 0.25) is 0 Å². The summed E-state index contributed by atoms with van der Waals surface area (Å²) in [5.41, 5.74) is 8.41. The zero-order valence-electron chi connectivity index (χ0n) is 10.7. The smallest absolute Gasteiger partial charge is 0.276 e. The molecule has 0 aliphatic carbocycles. The van der Waals surface area contributed by atoms with Crippen LogP contribution in [0.2, 0.25) is 0 Å². The average molecular weight is 236 g/mol. The van der Waals surface area contributed by atoms with Crippen LogP contribution >= 0.6 is 0 Å². The number of aryl methyl sites for hydroxylation is 1. The minimum absolute atomic E-state index is 0.177. The van der Waals surface area contributed by atoms with Crippen molar-refractivity contribution in [2.75, 3.05) is 19.3 Å². The highest BCUT2D eigenvalue weighted by Gasteiger charge is 2.20. The fourth-order valence-electron chi connectivity index (χ4n) is 1.65. The van der Waals surface area contributed by atoms with E-state index < -0.39 is 0 Å². The Hall–Kier alpha value is -1.78. The van der Waals surface area contributed by atoms with Crippen LogP contribution in [0.25, 0.3) is 0 Å². The standard InChI is InChI=1S/C12H20N4O/c1-5-6-9-10(13)11(15-14-9)12(17)16(4)7-8(2)3/h2,5-7,13H2,1,3-4H3,(H,14,15). The van der Waals surface area contributed by atoms with Gasteiger partial charge in [0.1, 0.15) is 0 Å². The summed E-state index contributed by atoms with van der Waals surface area (Å²) in [5, 5.41) is 6.81. The maximum Gasteiger partial charge on any atom is 0.276 e. The molecule has 1 aromatic rings. The lowest BCUT2D eigenvalue weighted by Gasteiger charge is -2.15. The van der Waals surface area contributed by atoms with E-state index in [-0.39, 0.29) is 5.91 Å². The van der Waals surface area contributed by atoms with Gasteiger partial charge in [0.15, 0.2) is 5.69 Å². The number of hydrogen-bond donors (Lipinski definition) is 2. The van der Waals surface area contributed by atoms with Gasteiger partial charge in [0, 0.05) is 13.6 Å². The number of aromatic nitrogens is 2. The molecule has 0 saturated carbocycles. The van der Waals surface area contributed by atoms with Crippen LogP contribution in [0.1, 0.15) is 36.5 Å². The van der Waals surface area contributed by atoms with Gasteiger partial charge in [-0.3, -0.25) is 9.89 Å². The monoisotopic (exact) mass is 236 g/mol. The van der Waals surface area contributed by atoms with Crippen LogP contribution in [0.3, 0.4) is 0 Å². The van der Waals surface area contributed by atoms with Gasteiger partial charge < -0.3 is 10.6 Å². The predicted octanol–water partition coefficient (Wildman–Crippen LogP) is 1.59. The van der Waals surface area contributed by atoms with Gasteiger partial charge in [-0.25, -0.2) is 0 Å². The molecule has 0 atom stereocenters. The maximum absolute atomic E-state index is 12.0. The topological polar surface area (TPSA) is 75.0 Å². The van der Waals surface area contributed by atoms with E-state index in [0.717, 1.165) is 24.1 Å². The maximum atomic E-state index is 12.0. The number of anilines is 1. The number of likely N-dealkylation sites (N-methyl/N-ethyl adjacent to an activating group) is 1. The lowest BCUT2D eigenvalue weighted by Crippen LogP contribution is -2.29. The lowest BCUT2D eigenvalue weighted by atomic mass is 10.2. The van der Waals surface area contributed by atoms with Crippen molar-refractivity contribution in [2.24, 2.45) is 0 Å². The Morgan fingerprint density at radius 3 is 2.76 bits per heavy atom. The number of aromatic amines is 1. The Morgan fingerprint density at radius 1 is 1.59 bits per heavy atom. The molecule has 1 heterocycles. The zero-order chi connectivity index (χ0) is 13.0. The molecule has 0 saturated heterocycles. The SMILES string of the molecule is C=C(C)CN(C)C(=O)c1n[nH]c(CCC)c1N. The average Bonchev–Trinajstić information content (AvgIpc) is 2.59. The minimum Gasteiger partial charge on any atom is -0.395 e. The first kappa shape index (κ1) is 13.3. The molecule has 94 valence electrons. The van der Waals surface area contributed by atoms with Crippen LogP contribution in [0.5, 0.6) is 0 Å². The number of hydrogen-bond acceptors (Lipinski definition) is 3. The van der Waals surface area contributed by atoms with E-state index in [1.54, 1.807) is 11.9 Å². The molecule has 0 radical (unpaired) electrons. The van der Waals surface area contributed by atoms with Crippen LogP contribution in [-0.2, 0) is 6.42 Å². The van der Waals surface area contributed by atoms with Gasteiger partial charge in [-0.1, -0.05) is 25.5 Å². The predicted molar refractivity (Wildman–Crippen MR) is 68.8 cm³/mol. The van der Waals surface area contributed by atoms with Crippen LogP contribution in [-0.4, -0.2) is 34.6 Å². The summed E-state index contributed by atoms with van der Waals surface area (Å²) < 4.78 is 0. The number of H-pyrrole nitrogens is 1. The second-order valence-corrected chi connectivity index (χ2v) is 4.33. The van der Waals surface area contributed by atoms with Crippen LogP contribution in [0.15, 0.2) is 12.2 Å². The summed E-state index contributed by atoms with van der Waals surface area (Å²) in [5.74, 6) is -0.177. The summed E-state index contributed by atoms with van der Waals surface area (Å²) in [7, 11) is 1.71. The third-order valence-corrected chi connectivity index (χ3v) is 2.44. The first-order chi connectivity index (χ1) is 7.97. The van der Waals surface area contributed by atoms with Crippen LogP contribution in [0.4, 0.5) is 5.69 Å². The molecule has 1 rings (SSSR count). The number of amides is 1. The van der Waals surface area contributed by atoms with Gasteiger partial charge in [-0.2, -0.15) is 5.10 Å². The van der Waals surface area contributed by atoms with E-state index in [1.165, 1.54) is 0 Å². The summed E-state index contributed by atoms with van der Waals surface area (Å²) >= 11 is 0. The highest BCUT2D eigenvalue weighted by molar-refractivity contribution is 5.97. The first-order valence-electron chi connectivity index (χ1n) is 5.69. The van der Waals surface area contributed by atoms with E-state index in [0.29, 0.717) is 17.9 Å². The molecule has 3 N–H and O–H groups in total. The van der Waals surface area contributed by atoms with Gasteiger partial charge >= 0.3 is 0 Å². The molecular formula is C12H20N4O. The number of nitrogens with two attached hydrogens (primary N) is 1. The first-order valence-corrected chi connectivity index (χ1v) is 5.69. The van der Waals surface area contributed by atoms with Crippen LogP contribution < -0.4 is 5.73 Å². The Bertz CT molecular complexity index is 422. The molecule has 0 bridgehead atoms. The Balaban J connectivity index is 2.85. The van der Waals surface area contributed by atoms with Crippen molar-refractivity contribution < 1.29 is 4.79 Å². The Kier molecular flexibility index (Phi) is 4.31. The number of carbonyl (C=O) groups is 1. The Labute approximate surface area is 102 Å². The molecule has 0 aliphatic rings. The highest BCUT2D eigenvalue weighted by Crippen LogP contribution is 2.17. The summed E-state index contributed by atoms with van der Waals surface area (Å²) in [6, 6.07) is 0. The van der Waals surface area contributed by atoms with E-state index in [2.05, 4.69) is 23.7 Å². The molecule has 5 nitrogen and oxygen atoms in total. The largest absolute Gasteiger partial charge is 0.395 e. The second-order valence-electron chi connectivity index (χ2n) is 4.33. The van der Waals surface area contributed by atoms with Crippen molar-refractivity contribution in [3.05, 3.63) is 23.5 Å². The molecule has 17 heavy (non-hydrogen) atoms. The molecule has 1 aromatic heterocycles. The summed E-state index contributed by atoms with van der Waals surface area (Å²) in [6.45, 7) is 8.21. The van der Waals surface area contributed by atoms with Gasteiger partial charge in [0.25, 0.3) is 5.91 Å². The molecule has 0 fully saturated rings. The van der Waals surface area contributed by atoms with Crippen molar-refractivity contribution in [3.8, 4) is 0 Å². The third kappa shape index (κ3) is 3.09. The second kappa shape index (κ2) is 5.52. The Morgan fingerprint density at radius 2 is 2.24 bits per heavy atom. The fourth-order valence-corrected chi connectivity index (χ4v) is 1.65. The summed E-state index contributed by atoms with van der Waals surface area (Å²) in [4.78, 5) is 13.6. The van der Waals surface area contributed by atoms with Crippen molar-refractivity contribution in [1.82, 2.24) is 15.1 Å². The normalized spacial score (nSPS) is 10.3. The van der Waals surface area contributed by atoms with Crippen molar-refractivity contribution in [3.63, 3.8) is 0 Å². The molecule has 5 heteroatoms. The van der Waals surface area contributed by atoms with Gasteiger partial charge in [-0.15, -0.1) is 0 Å². The number of nitrogens with one attached hydrogen (secondary N) is 1. The molecule has 0 unspecified atom stereocenters. The summed E-state index contributed by atoms with van der Waals surface area (Å²) in [6.07, 6.45) is 1.76. The molecule has 0 spiro atoms. The van der Waals surface area contributed by atoms with E-state index in [4.69, 9.17) is 5.73 Å². The number of nitrogens with zero attached hydrogens (tertiary/aromatic N) is 2. The molecular weight excluding hydrogens is 216 g/mol. The molecule has 1 amide bonds. The van der Waals surface area contributed by atoms with Crippen LogP contribution in [0, 0.1) is 0 Å². The van der Waals surface area contributed by atoms with E-state index >= 15 is 0 Å². The molecule has 0 aliphatic heterocycles. The van der Waals surface area contributed by atoms with Crippen molar-refractivity contribution >= 4 is 11.6 Å². The van der Waals surface area contributed by atoms with E-state index in [1.807, 2.05) is 6.92 Å². The lowest BCUT2D eigenvalue weighted by molar-refractivity contribution is 0.0802. The fraction of sp³-hybridized carbons (Fsp3) is 0.500. The third-order valence-electron chi connectivity index (χ3n) is 2.44. The molecule has 0 aromatic carbocycles. The van der Waals surface area contributed by atoms with Crippen molar-refractivity contribution in [1.29, 1.82) is 0 Å². The minimum atomic E-state index is -0.177.